The molecule has 1 aliphatic rings. The number of ether oxygens (including phenoxy) is 4. The van der Waals surface area contributed by atoms with Crippen molar-refractivity contribution in [1.29, 1.82) is 0 Å². The van der Waals surface area contributed by atoms with E-state index < -0.39 is 24.3 Å². The summed E-state index contributed by atoms with van der Waals surface area (Å²) in [5.74, 6) is -0.178. The van der Waals surface area contributed by atoms with Gasteiger partial charge in [-0.3, -0.25) is 4.79 Å². The standard InChI is InChI=1S/C17H14FNO6/c18-11-1-4-13(5-2-11)22-9-17(21)23-8-16(20)19-12-3-6-14-15(7-12)25-10-24-14/h1-7H,8-10H2,(H,19,20). The maximum atomic E-state index is 12.7. The largest absolute Gasteiger partial charge is 0.482 e. The third-order valence-corrected chi connectivity index (χ3v) is 3.19. The molecular formula is C17H14FNO6. The first-order valence-electron chi connectivity index (χ1n) is 7.33. The van der Waals surface area contributed by atoms with E-state index in [-0.39, 0.29) is 13.4 Å². The van der Waals surface area contributed by atoms with Gasteiger partial charge in [0.15, 0.2) is 24.7 Å². The fourth-order valence-corrected chi connectivity index (χ4v) is 2.03. The lowest BCUT2D eigenvalue weighted by molar-refractivity contribution is -0.149. The zero-order chi connectivity index (χ0) is 17.6. The Bertz CT molecular complexity index is 777. The third-order valence-electron chi connectivity index (χ3n) is 3.19. The molecule has 0 unspecified atom stereocenters. The number of hydrogen-bond acceptors (Lipinski definition) is 6. The summed E-state index contributed by atoms with van der Waals surface area (Å²) < 4.78 is 33.0. The number of carbonyl (C=O) groups excluding carboxylic acids is 2. The highest BCUT2D eigenvalue weighted by atomic mass is 19.1. The molecule has 1 amide bonds. The van der Waals surface area contributed by atoms with Crippen LogP contribution >= 0.6 is 0 Å². The summed E-state index contributed by atoms with van der Waals surface area (Å²) in [7, 11) is 0. The SMILES string of the molecule is O=C(COC(=O)COc1ccc(F)cc1)Nc1ccc2c(c1)OCO2. The number of esters is 1. The Morgan fingerprint density at radius 3 is 2.60 bits per heavy atom. The number of rotatable bonds is 6. The van der Waals surface area contributed by atoms with Gasteiger partial charge in [0, 0.05) is 11.8 Å². The van der Waals surface area contributed by atoms with E-state index in [0.717, 1.165) is 0 Å². The minimum atomic E-state index is -0.717. The molecule has 0 saturated heterocycles. The van der Waals surface area contributed by atoms with Crippen molar-refractivity contribution < 1.29 is 32.9 Å². The summed E-state index contributed by atoms with van der Waals surface area (Å²) in [6, 6.07) is 10.1. The van der Waals surface area contributed by atoms with Gasteiger partial charge in [-0.05, 0) is 36.4 Å². The minimum Gasteiger partial charge on any atom is -0.482 e. The Labute approximate surface area is 142 Å². The molecule has 0 bridgehead atoms. The molecule has 1 aliphatic heterocycles. The monoisotopic (exact) mass is 347 g/mol. The predicted molar refractivity (Wildman–Crippen MR) is 84.0 cm³/mol. The summed E-state index contributed by atoms with van der Waals surface area (Å²) in [5.41, 5.74) is 0.493. The second-order valence-electron chi connectivity index (χ2n) is 5.02. The van der Waals surface area contributed by atoms with Crippen LogP contribution in [0.5, 0.6) is 17.2 Å². The summed E-state index contributed by atoms with van der Waals surface area (Å²) in [6.45, 7) is -0.707. The first-order valence-corrected chi connectivity index (χ1v) is 7.33. The molecule has 130 valence electrons. The van der Waals surface area contributed by atoms with Gasteiger partial charge in [-0.1, -0.05) is 0 Å². The molecule has 1 N–H and O–H groups in total. The van der Waals surface area contributed by atoms with Crippen LogP contribution in [0.15, 0.2) is 42.5 Å². The number of anilines is 1. The number of carbonyl (C=O) groups is 2. The van der Waals surface area contributed by atoms with Crippen LogP contribution in [0.1, 0.15) is 0 Å². The molecule has 25 heavy (non-hydrogen) atoms. The number of halogens is 1. The maximum Gasteiger partial charge on any atom is 0.344 e. The van der Waals surface area contributed by atoms with Crippen LogP contribution in [0, 0.1) is 5.82 Å². The molecule has 0 spiro atoms. The average Bonchev–Trinajstić information content (AvgIpc) is 3.07. The van der Waals surface area contributed by atoms with Gasteiger partial charge in [-0.15, -0.1) is 0 Å². The molecule has 0 radical (unpaired) electrons. The van der Waals surface area contributed by atoms with Gasteiger partial charge >= 0.3 is 5.97 Å². The van der Waals surface area contributed by atoms with Crippen LogP contribution in [0.2, 0.25) is 0 Å². The van der Waals surface area contributed by atoms with Crippen molar-refractivity contribution >= 4 is 17.6 Å². The second kappa shape index (κ2) is 7.52. The lowest BCUT2D eigenvalue weighted by Gasteiger charge is -2.08. The Balaban J connectivity index is 1.41. The highest BCUT2D eigenvalue weighted by molar-refractivity contribution is 5.93. The van der Waals surface area contributed by atoms with Gasteiger partial charge in [0.25, 0.3) is 5.91 Å². The molecule has 0 aliphatic carbocycles. The van der Waals surface area contributed by atoms with Crippen molar-refractivity contribution in [3.63, 3.8) is 0 Å². The summed E-state index contributed by atoms with van der Waals surface area (Å²) in [4.78, 5) is 23.3. The molecule has 7 nitrogen and oxygen atoms in total. The van der Waals surface area contributed by atoms with Gasteiger partial charge in [0.1, 0.15) is 11.6 Å². The van der Waals surface area contributed by atoms with Crippen molar-refractivity contribution in [2.75, 3.05) is 25.3 Å². The van der Waals surface area contributed by atoms with E-state index in [9.17, 15) is 14.0 Å². The molecule has 0 saturated carbocycles. The predicted octanol–water partition coefficient (Wildman–Crippen LogP) is 2.12. The van der Waals surface area contributed by atoms with E-state index in [1.54, 1.807) is 18.2 Å². The highest BCUT2D eigenvalue weighted by Crippen LogP contribution is 2.34. The quantitative estimate of drug-likeness (QED) is 0.806. The van der Waals surface area contributed by atoms with E-state index in [1.165, 1.54) is 24.3 Å². The average molecular weight is 347 g/mol. The van der Waals surface area contributed by atoms with Crippen molar-refractivity contribution in [2.24, 2.45) is 0 Å². The normalized spacial score (nSPS) is 11.7. The van der Waals surface area contributed by atoms with Crippen molar-refractivity contribution in [2.45, 2.75) is 0 Å². The smallest absolute Gasteiger partial charge is 0.344 e. The van der Waals surface area contributed by atoms with Crippen LogP contribution in [0.25, 0.3) is 0 Å². The number of hydrogen-bond donors (Lipinski definition) is 1. The van der Waals surface area contributed by atoms with Crippen LogP contribution in [-0.4, -0.2) is 31.9 Å². The number of nitrogens with one attached hydrogen (secondary N) is 1. The summed E-state index contributed by atoms with van der Waals surface area (Å²) >= 11 is 0. The van der Waals surface area contributed by atoms with E-state index in [0.29, 0.717) is 22.9 Å². The van der Waals surface area contributed by atoms with Gasteiger partial charge in [-0.2, -0.15) is 0 Å². The molecule has 3 rings (SSSR count). The van der Waals surface area contributed by atoms with Crippen molar-refractivity contribution in [3.05, 3.63) is 48.3 Å². The maximum absolute atomic E-state index is 12.7. The Morgan fingerprint density at radius 2 is 1.80 bits per heavy atom. The third kappa shape index (κ3) is 4.60. The van der Waals surface area contributed by atoms with E-state index in [4.69, 9.17) is 18.9 Å². The Hall–Kier alpha value is -3.29. The van der Waals surface area contributed by atoms with Crippen LogP contribution in [0.4, 0.5) is 10.1 Å². The molecule has 8 heteroatoms. The van der Waals surface area contributed by atoms with Gasteiger partial charge < -0.3 is 24.3 Å². The molecule has 1 heterocycles. The van der Waals surface area contributed by atoms with E-state index in [1.807, 2.05) is 0 Å². The van der Waals surface area contributed by atoms with Crippen LogP contribution in [0.3, 0.4) is 0 Å². The molecule has 0 aromatic heterocycles. The van der Waals surface area contributed by atoms with Gasteiger partial charge in [0.2, 0.25) is 6.79 Å². The summed E-state index contributed by atoms with van der Waals surface area (Å²) in [6.07, 6.45) is 0. The number of benzene rings is 2. The van der Waals surface area contributed by atoms with Crippen LogP contribution < -0.4 is 19.5 Å². The second-order valence-corrected chi connectivity index (χ2v) is 5.02. The number of amides is 1. The zero-order valence-electron chi connectivity index (χ0n) is 13.0. The van der Waals surface area contributed by atoms with Crippen molar-refractivity contribution in [1.82, 2.24) is 0 Å². The first kappa shape index (κ1) is 16.6. The van der Waals surface area contributed by atoms with E-state index >= 15 is 0 Å². The van der Waals surface area contributed by atoms with Gasteiger partial charge in [0.05, 0.1) is 0 Å². The first-order chi connectivity index (χ1) is 12.1. The minimum absolute atomic E-state index is 0.137. The Kier molecular flexibility index (Phi) is 4.98. The van der Waals surface area contributed by atoms with E-state index in [2.05, 4.69) is 5.32 Å². The van der Waals surface area contributed by atoms with Crippen molar-refractivity contribution in [3.8, 4) is 17.2 Å². The molecule has 2 aromatic carbocycles. The topological polar surface area (TPSA) is 83.1 Å². The highest BCUT2D eigenvalue weighted by Gasteiger charge is 2.15. The van der Waals surface area contributed by atoms with Crippen LogP contribution in [-0.2, 0) is 14.3 Å². The fraction of sp³-hybridized carbons (Fsp3) is 0.176. The molecule has 2 aromatic rings. The zero-order valence-corrected chi connectivity index (χ0v) is 13.0. The molecular weight excluding hydrogens is 333 g/mol. The lowest BCUT2D eigenvalue weighted by Crippen LogP contribution is -2.23. The fourth-order valence-electron chi connectivity index (χ4n) is 2.03. The number of fused-ring (bicyclic) bond motifs is 1. The van der Waals surface area contributed by atoms with Gasteiger partial charge in [-0.25, -0.2) is 9.18 Å². The molecule has 0 fully saturated rings. The summed E-state index contributed by atoms with van der Waals surface area (Å²) in [5, 5.41) is 2.57. The Morgan fingerprint density at radius 1 is 1.04 bits per heavy atom. The lowest BCUT2D eigenvalue weighted by atomic mass is 10.3. The molecule has 0 atom stereocenters.